The van der Waals surface area contributed by atoms with Crippen LogP contribution >= 0.6 is 35.1 Å². The second-order valence-electron chi connectivity index (χ2n) is 5.59. The molecule has 0 aromatic heterocycles. The van der Waals surface area contributed by atoms with Crippen molar-refractivity contribution >= 4 is 35.1 Å². The minimum Gasteiger partial charge on any atom is -0.309 e. The maximum Gasteiger partial charge on any atom is 0.0451 e. The third-order valence-electron chi connectivity index (χ3n) is 3.99. The molecule has 3 unspecified atom stereocenters. The number of nitrogens with one attached hydrogen (secondary N) is 1. The zero-order valence-electron chi connectivity index (χ0n) is 13.2. The lowest BCUT2D eigenvalue weighted by Gasteiger charge is -2.37. The molecule has 0 bridgehead atoms. The van der Waals surface area contributed by atoms with E-state index in [1.165, 1.54) is 23.5 Å². The number of hydrogen-bond donors (Lipinski definition) is 1. The van der Waals surface area contributed by atoms with Crippen molar-refractivity contribution in [1.82, 2.24) is 5.32 Å². The van der Waals surface area contributed by atoms with E-state index in [0.717, 1.165) is 28.8 Å². The van der Waals surface area contributed by atoms with Gasteiger partial charge in [-0.25, -0.2) is 0 Å². The second-order valence-corrected chi connectivity index (χ2v) is 8.63. The Bertz CT molecular complexity index is 452. The summed E-state index contributed by atoms with van der Waals surface area (Å²) in [7, 11) is 0. The van der Waals surface area contributed by atoms with Gasteiger partial charge in [-0.05, 0) is 43.5 Å². The van der Waals surface area contributed by atoms with Gasteiger partial charge >= 0.3 is 0 Å². The molecule has 4 heteroatoms. The smallest absolute Gasteiger partial charge is 0.0451 e. The maximum absolute atomic E-state index is 6.36. The highest BCUT2D eigenvalue weighted by molar-refractivity contribution is 8.07. The lowest BCUT2D eigenvalue weighted by Crippen LogP contribution is -2.39. The Morgan fingerprint density at radius 2 is 2.05 bits per heavy atom. The van der Waals surface area contributed by atoms with Crippen LogP contribution in [-0.4, -0.2) is 28.6 Å². The minimum absolute atomic E-state index is 0.408. The molecular weight excluding hydrogens is 318 g/mol. The van der Waals surface area contributed by atoms with Crippen molar-refractivity contribution in [2.24, 2.45) is 0 Å². The number of aryl methyl sites for hydroxylation is 1. The topological polar surface area (TPSA) is 12.0 Å². The van der Waals surface area contributed by atoms with Crippen molar-refractivity contribution in [1.29, 1.82) is 0 Å². The molecule has 0 aliphatic carbocycles. The summed E-state index contributed by atoms with van der Waals surface area (Å²) in [5.41, 5.74) is 2.50. The van der Waals surface area contributed by atoms with Crippen LogP contribution in [0.2, 0.25) is 5.02 Å². The molecule has 1 heterocycles. The van der Waals surface area contributed by atoms with Crippen molar-refractivity contribution in [3.63, 3.8) is 0 Å². The zero-order chi connectivity index (χ0) is 15.2. The second kappa shape index (κ2) is 8.71. The highest BCUT2D eigenvalue weighted by Gasteiger charge is 2.32. The Labute approximate surface area is 143 Å². The molecule has 3 atom stereocenters. The van der Waals surface area contributed by atoms with Crippen LogP contribution < -0.4 is 5.32 Å². The molecular formula is C17H26ClNS2. The number of thioether (sulfide) groups is 2. The summed E-state index contributed by atoms with van der Waals surface area (Å²) in [6.07, 6.45) is 2.41. The summed E-state index contributed by atoms with van der Waals surface area (Å²) in [6.45, 7) is 7.68. The van der Waals surface area contributed by atoms with Crippen molar-refractivity contribution < 1.29 is 0 Å². The highest BCUT2D eigenvalue weighted by atomic mass is 35.5. The third kappa shape index (κ3) is 4.57. The average Bonchev–Trinajstić information content (AvgIpc) is 2.51. The summed E-state index contributed by atoms with van der Waals surface area (Å²) in [5, 5.41) is 6.03. The first-order chi connectivity index (χ1) is 10.2. The fraction of sp³-hybridized carbons (Fsp3) is 0.647. The van der Waals surface area contributed by atoms with Crippen LogP contribution in [0.25, 0.3) is 0 Å². The Balaban J connectivity index is 2.25. The van der Waals surface area contributed by atoms with Gasteiger partial charge in [0, 0.05) is 33.1 Å². The van der Waals surface area contributed by atoms with Gasteiger partial charge in [-0.3, -0.25) is 0 Å². The van der Waals surface area contributed by atoms with E-state index in [4.69, 9.17) is 11.6 Å². The fourth-order valence-electron chi connectivity index (χ4n) is 2.77. The Hall–Kier alpha value is 0.170. The summed E-state index contributed by atoms with van der Waals surface area (Å²) in [4.78, 5) is 0. The quantitative estimate of drug-likeness (QED) is 0.751. The predicted octanol–water partition coefficient (Wildman–Crippen LogP) is 5.32. The number of rotatable bonds is 6. The molecule has 1 fully saturated rings. The molecule has 1 aromatic rings. The van der Waals surface area contributed by atoms with Gasteiger partial charge in [0.1, 0.15) is 0 Å². The van der Waals surface area contributed by atoms with Crippen LogP contribution in [0, 0.1) is 6.92 Å². The zero-order valence-corrected chi connectivity index (χ0v) is 15.6. The summed E-state index contributed by atoms with van der Waals surface area (Å²) in [5.74, 6) is 2.55. The average molecular weight is 344 g/mol. The van der Waals surface area contributed by atoms with Gasteiger partial charge in [-0.2, -0.15) is 23.5 Å². The van der Waals surface area contributed by atoms with E-state index < -0.39 is 0 Å². The van der Waals surface area contributed by atoms with Crippen molar-refractivity contribution in [2.45, 2.75) is 50.2 Å². The van der Waals surface area contributed by atoms with Crippen molar-refractivity contribution in [2.75, 3.05) is 18.1 Å². The van der Waals surface area contributed by atoms with Gasteiger partial charge in [0.05, 0.1) is 0 Å². The monoisotopic (exact) mass is 343 g/mol. The molecule has 1 nitrogen and oxygen atoms in total. The molecule has 0 radical (unpaired) electrons. The van der Waals surface area contributed by atoms with Crippen LogP contribution in [0.1, 0.15) is 43.9 Å². The largest absolute Gasteiger partial charge is 0.309 e. The van der Waals surface area contributed by atoms with Crippen molar-refractivity contribution in [3.05, 3.63) is 34.3 Å². The van der Waals surface area contributed by atoms with E-state index in [2.05, 4.69) is 67.8 Å². The lowest BCUT2D eigenvalue weighted by molar-refractivity contribution is 0.498. The van der Waals surface area contributed by atoms with Gasteiger partial charge in [-0.15, -0.1) is 0 Å². The number of halogens is 1. The van der Waals surface area contributed by atoms with Gasteiger partial charge in [0.25, 0.3) is 0 Å². The summed E-state index contributed by atoms with van der Waals surface area (Å²) >= 11 is 10.6. The molecule has 1 saturated heterocycles. The molecule has 21 heavy (non-hydrogen) atoms. The van der Waals surface area contributed by atoms with Crippen LogP contribution in [0.15, 0.2) is 18.2 Å². The molecule has 0 spiro atoms. The van der Waals surface area contributed by atoms with Crippen LogP contribution in [0.5, 0.6) is 0 Å². The van der Waals surface area contributed by atoms with Crippen LogP contribution in [0.4, 0.5) is 0 Å². The number of benzene rings is 1. The van der Waals surface area contributed by atoms with E-state index in [1.54, 1.807) is 0 Å². The number of hydrogen-bond acceptors (Lipinski definition) is 3. The molecule has 1 aliphatic heterocycles. The van der Waals surface area contributed by atoms with Crippen LogP contribution in [0.3, 0.4) is 0 Å². The van der Waals surface area contributed by atoms with E-state index in [0.29, 0.717) is 11.3 Å². The van der Waals surface area contributed by atoms with E-state index in [-0.39, 0.29) is 0 Å². The third-order valence-corrected chi connectivity index (χ3v) is 7.75. The normalized spacial score (nSPS) is 24.0. The molecule has 0 saturated carbocycles. The van der Waals surface area contributed by atoms with Gasteiger partial charge < -0.3 is 5.32 Å². The summed E-state index contributed by atoms with van der Waals surface area (Å²) in [6, 6.07) is 6.98. The highest BCUT2D eigenvalue weighted by Crippen LogP contribution is 2.40. The van der Waals surface area contributed by atoms with E-state index >= 15 is 0 Å². The standard InChI is InChI=1S/C17H26ClNS2/c1-4-8-19-16(13-7-6-12(3)14(18)11-13)17-15(5-2)20-9-10-21-17/h6-7,11,15-17,19H,4-5,8-10H2,1-3H3. The van der Waals surface area contributed by atoms with Crippen molar-refractivity contribution in [3.8, 4) is 0 Å². The Morgan fingerprint density at radius 1 is 1.29 bits per heavy atom. The van der Waals surface area contributed by atoms with Gasteiger partial charge in [0.2, 0.25) is 0 Å². The molecule has 118 valence electrons. The van der Waals surface area contributed by atoms with E-state index in [1.807, 2.05) is 0 Å². The minimum atomic E-state index is 0.408. The fourth-order valence-corrected chi connectivity index (χ4v) is 6.21. The molecule has 2 rings (SSSR count). The van der Waals surface area contributed by atoms with Crippen LogP contribution in [-0.2, 0) is 0 Å². The first-order valence-corrected chi connectivity index (χ1v) is 10.4. The van der Waals surface area contributed by atoms with Gasteiger partial charge in [0.15, 0.2) is 0 Å². The first-order valence-electron chi connectivity index (χ1n) is 7.90. The first kappa shape index (κ1) is 17.5. The SMILES string of the molecule is CCCNC(c1ccc(C)c(Cl)c1)C1SCCSC1CC. The van der Waals surface area contributed by atoms with E-state index in [9.17, 15) is 0 Å². The maximum atomic E-state index is 6.36. The summed E-state index contributed by atoms with van der Waals surface area (Å²) < 4.78 is 0. The molecule has 1 aliphatic rings. The lowest BCUT2D eigenvalue weighted by atomic mass is 9.99. The molecule has 1 aromatic carbocycles. The Morgan fingerprint density at radius 3 is 2.71 bits per heavy atom. The Kier molecular flexibility index (Phi) is 7.27. The molecule has 0 amide bonds. The van der Waals surface area contributed by atoms with Gasteiger partial charge in [-0.1, -0.05) is 37.6 Å². The predicted molar refractivity (Wildman–Crippen MR) is 100 cm³/mol. The molecule has 1 N–H and O–H groups in total.